The predicted octanol–water partition coefficient (Wildman–Crippen LogP) is 1.46. The molecule has 0 aromatic heterocycles. The predicted molar refractivity (Wildman–Crippen MR) is 43.1 cm³/mol. The molecule has 11 heavy (non-hydrogen) atoms. The van der Waals surface area contributed by atoms with Gasteiger partial charge in [0, 0.05) is 6.54 Å². The molecule has 2 atom stereocenters. The highest BCUT2D eigenvalue weighted by Crippen LogP contribution is 2.39. The summed E-state index contributed by atoms with van der Waals surface area (Å²) in [5.74, 6) is 0.661. The van der Waals surface area contributed by atoms with Gasteiger partial charge in [-0.25, -0.2) is 0 Å². The zero-order valence-electron chi connectivity index (χ0n) is 6.75. The maximum atomic E-state index is 5.56. The Balaban J connectivity index is 2.26. The summed E-state index contributed by atoms with van der Waals surface area (Å²) in [6.45, 7) is 2.86. The molecule has 1 heterocycles. The van der Waals surface area contributed by atoms with Gasteiger partial charge < -0.3 is 5.73 Å². The van der Waals surface area contributed by atoms with E-state index >= 15 is 0 Å². The molecule has 3 nitrogen and oxygen atoms in total. The molecule has 0 saturated heterocycles. The van der Waals surface area contributed by atoms with E-state index in [-0.39, 0.29) is 6.04 Å². The Morgan fingerprint density at radius 3 is 3.18 bits per heavy atom. The van der Waals surface area contributed by atoms with Crippen LogP contribution in [0.3, 0.4) is 0 Å². The van der Waals surface area contributed by atoms with Crippen LogP contribution >= 0.6 is 0 Å². The van der Waals surface area contributed by atoms with Crippen LogP contribution in [0.5, 0.6) is 0 Å². The Morgan fingerprint density at radius 2 is 2.45 bits per heavy atom. The normalized spacial score (nSPS) is 35.1. The molecule has 0 spiro atoms. The minimum absolute atomic E-state index is 0.211. The van der Waals surface area contributed by atoms with Crippen molar-refractivity contribution in [3.8, 4) is 0 Å². The highest BCUT2D eigenvalue weighted by Gasteiger charge is 2.31. The molecule has 0 saturated carbocycles. The maximum Gasteiger partial charge on any atom is 0.107 e. The second-order valence-electron chi connectivity index (χ2n) is 3.31. The lowest BCUT2D eigenvalue weighted by molar-refractivity contribution is 0.597. The van der Waals surface area contributed by atoms with Gasteiger partial charge in [-0.15, -0.1) is 0 Å². The molecule has 3 heteroatoms. The second-order valence-corrected chi connectivity index (χ2v) is 3.31. The molecule has 0 aromatic rings. The van der Waals surface area contributed by atoms with Gasteiger partial charge in [0.15, 0.2) is 0 Å². The third kappa shape index (κ3) is 0.913. The topological polar surface area (TPSA) is 50.7 Å². The monoisotopic (exact) mass is 151 g/mol. The summed E-state index contributed by atoms with van der Waals surface area (Å²) < 4.78 is 0. The summed E-state index contributed by atoms with van der Waals surface area (Å²) in [6, 6.07) is 0.211. The molecule has 1 aliphatic heterocycles. The van der Waals surface area contributed by atoms with Gasteiger partial charge in [-0.1, -0.05) is 6.92 Å². The van der Waals surface area contributed by atoms with E-state index in [1.54, 1.807) is 0 Å². The SMILES string of the molecule is C[C@H]1CCC2=C1[C@@H](CN)N=N2. The van der Waals surface area contributed by atoms with Crippen molar-refractivity contribution in [3.63, 3.8) is 0 Å². The van der Waals surface area contributed by atoms with Crippen LogP contribution in [-0.4, -0.2) is 12.6 Å². The van der Waals surface area contributed by atoms with Gasteiger partial charge in [-0.3, -0.25) is 0 Å². The van der Waals surface area contributed by atoms with Crippen molar-refractivity contribution < 1.29 is 0 Å². The van der Waals surface area contributed by atoms with E-state index in [9.17, 15) is 0 Å². The number of nitrogens with two attached hydrogens (primary N) is 1. The molecule has 0 bridgehead atoms. The van der Waals surface area contributed by atoms with Crippen molar-refractivity contribution in [1.29, 1.82) is 0 Å². The van der Waals surface area contributed by atoms with Gasteiger partial charge in [0.05, 0.1) is 5.70 Å². The zero-order chi connectivity index (χ0) is 7.84. The van der Waals surface area contributed by atoms with Gasteiger partial charge >= 0.3 is 0 Å². The average molecular weight is 151 g/mol. The van der Waals surface area contributed by atoms with Crippen molar-refractivity contribution in [2.24, 2.45) is 21.9 Å². The van der Waals surface area contributed by atoms with Crippen molar-refractivity contribution >= 4 is 0 Å². The lowest BCUT2D eigenvalue weighted by atomic mass is 9.98. The summed E-state index contributed by atoms with van der Waals surface area (Å²) in [6.07, 6.45) is 2.34. The summed E-state index contributed by atoms with van der Waals surface area (Å²) in [7, 11) is 0. The van der Waals surface area contributed by atoms with Crippen LogP contribution in [-0.2, 0) is 0 Å². The Labute approximate surface area is 66.4 Å². The molecule has 0 aromatic carbocycles. The molecule has 0 fully saturated rings. The lowest BCUT2D eigenvalue weighted by Gasteiger charge is -2.11. The summed E-state index contributed by atoms with van der Waals surface area (Å²) in [5.41, 5.74) is 8.19. The second kappa shape index (κ2) is 2.41. The standard InChI is InChI=1S/C8H13N3/c1-5-2-3-6-8(5)7(4-9)11-10-6/h5,7H,2-4,9H2,1H3/t5-,7+/m0/s1. The van der Waals surface area contributed by atoms with Gasteiger partial charge in [0.25, 0.3) is 0 Å². The third-order valence-electron chi connectivity index (χ3n) is 2.58. The lowest BCUT2D eigenvalue weighted by Crippen LogP contribution is -2.20. The van der Waals surface area contributed by atoms with Crippen LogP contribution in [0, 0.1) is 5.92 Å². The fourth-order valence-corrected chi connectivity index (χ4v) is 1.94. The first-order chi connectivity index (χ1) is 5.33. The van der Waals surface area contributed by atoms with Crippen LogP contribution in [0.4, 0.5) is 0 Å². The number of azo groups is 1. The van der Waals surface area contributed by atoms with Gasteiger partial charge in [0.1, 0.15) is 6.04 Å². The van der Waals surface area contributed by atoms with Crippen LogP contribution in [0.15, 0.2) is 21.5 Å². The summed E-state index contributed by atoms with van der Waals surface area (Å²) in [4.78, 5) is 0. The van der Waals surface area contributed by atoms with E-state index in [1.165, 1.54) is 17.7 Å². The van der Waals surface area contributed by atoms with Crippen molar-refractivity contribution in [2.75, 3.05) is 6.54 Å². The number of hydrogen-bond acceptors (Lipinski definition) is 3. The number of hydrogen-bond donors (Lipinski definition) is 1. The van der Waals surface area contributed by atoms with Crippen molar-refractivity contribution in [2.45, 2.75) is 25.8 Å². The van der Waals surface area contributed by atoms with Crippen molar-refractivity contribution in [1.82, 2.24) is 0 Å². The quantitative estimate of drug-likeness (QED) is 0.606. The van der Waals surface area contributed by atoms with Gasteiger partial charge in [-0.05, 0) is 24.3 Å². The minimum atomic E-state index is 0.211. The first kappa shape index (κ1) is 6.98. The average Bonchev–Trinajstić information content (AvgIpc) is 2.54. The fraction of sp³-hybridized carbons (Fsp3) is 0.750. The maximum absolute atomic E-state index is 5.56. The van der Waals surface area contributed by atoms with E-state index in [2.05, 4.69) is 17.2 Å². The molecule has 0 amide bonds. The first-order valence-electron chi connectivity index (χ1n) is 4.16. The smallest absolute Gasteiger partial charge is 0.107 e. The molecule has 0 radical (unpaired) electrons. The Hall–Kier alpha value is -0.700. The molecular weight excluding hydrogens is 138 g/mol. The Kier molecular flexibility index (Phi) is 1.53. The zero-order valence-corrected chi connectivity index (χ0v) is 6.75. The third-order valence-corrected chi connectivity index (χ3v) is 2.58. The molecule has 2 aliphatic rings. The van der Waals surface area contributed by atoms with Crippen molar-refractivity contribution in [3.05, 3.63) is 11.3 Å². The first-order valence-corrected chi connectivity index (χ1v) is 4.16. The number of allylic oxidation sites excluding steroid dienone is 1. The van der Waals surface area contributed by atoms with Gasteiger partial charge in [0.2, 0.25) is 0 Å². The largest absolute Gasteiger partial charge is 0.328 e. The molecule has 2 rings (SSSR count). The van der Waals surface area contributed by atoms with Crippen LogP contribution < -0.4 is 5.73 Å². The number of rotatable bonds is 1. The summed E-state index contributed by atoms with van der Waals surface area (Å²) >= 11 is 0. The van der Waals surface area contributed by atoms with E-state index < -0.39 is 0 Å². The molecular formula is C8H13N3. The minimum Gasteiger partial charge on any atom is -0.328 e. The number of nitrogens with zero attached hydrogens (tertiary/aromatic N) is 2. The van der Waals surface area contributed by atoms with Crippen LogP contribution in [0.1, 0.15) is 19.8 Å². The molecule has 0 unspecified atom stereocenters. The van der Waals surface area contributed by atoms with E-state index in [1.807, 2.05) is 0 Å². The van der Waals surface area contributed by atoms with E-state index in [0.29, 0.717) is 12.5 Å². The van der Waals surface area contributed by atoms with Crippen LogP contribution in [0.25, 0.3) is 0 Å². The Morgan fingerprint density at radius 1 is 1.64 bits per heavy atom. The Bertz CT molecular complexity index is 229. The highest BCUT2D eigenvalue weighted by molar-refractivity contribution is 5.29. The van der Waals surface area contributed by atoms with Crippen LogP contribution in [0.2, 0.25) is 0 Å². The molecule has 2 N–H and O–H groups in total. The molecule has 60 valence electrons. The molecule has 1 aliphatic carbocycles. The summed E-state index contributed by atoms with van der Waals surface area (Å²) in [5, 5.41) is 8.24. The van der Waals surface area contributed by atoms with Gasteiger partial charge in [-0.2, -0.15) is 10.2 Å². The van der Waals surface area contributed by atoms with E-state index in [0.717, 1.165) is 6.42 Å². The fourth-order valence-electron chi connectivity index (χ4n) is 1.94. The van der Waals surface area contributed by atoms with E-state index in [4.69, 9.17) is 5.73 Å². The highest BCUT2D eigenvalue weighted by atomic mass is 15.2.